The van der Waals surface area contributed by atoms with Crippen molar-refractivity contribution in [1.82, 2.24) is 0 Å². The maximum absolute atomic E-state index is 13.5. The monoisotopic (exact) mass is 293 g/mol. The molecule has 0 fully saturated rings. The molecule has 0 saturated heterocycles. The van der Waals surface area contributed by atoms with Crippen molar-refractivity contribution in [2.45, 2.75) is 6.92 Å². The summed E-state index contributed by atoms with van der Waals surface area (Å²) in [5, 5.41) is 10.8. The van der Waals surface area contributed by atoms with E-state index in [1.165, 1.54) is 18.2 Å². The van der Waals surface area contributed by atoms with E-state index >= 15 is 0 Å². The number of carbonyl (C=O) groups excluding carboxylic acids is 1. The van der Waals surface area contributed by atoms with Crippen molar-refractivity contribution in [1.29, 1.82) is 0 Å². The van der Waals surface area contributed by atoms with Crippen molar-refractivity contribution in [3.05, 3.63) is 63.7 Å². The highest BCUT2D eigenvalue weighted by molar-refractivity contribution is 5.98. The van der Waals surface area contributed by atoms with E-state index in [9.17, 15) is 23.7 Å². The Morgan fingerprint density at radius 3 is 2.57 bits per heavy atom. The second-order valence-corrected chi connectivity index (χ2v) is 4.15. The normalized spacial score (nSPS) is 10.2. The lowest BCUT2D eigenvalue weighted by Crippen LogP contribution is -2.01. The summed E-state index contributed by atoms with van der Waals surface area (Å²) in [6.45, 7) is 1.16. The fourth-order valence-electron chi connectivity index (χ4n) is 1.71. The third-order valence-electron chi connectivity index (χ3n) is 2.69. The average molecular weight is 293 g/mol. The van der Waals surface area contributed by atoms with Gasteiger partial charge in [-0.25, -0.2) is 4.39 Å². The lowest BCUT2D eigenvalue weighted by atomic mass is 10.1. The molecule has 0 amide bonds. The van der Waals surface area contributed by atoms with Gasteiger partial charge in [-0.1, -0.05) is 6.07 Å². The molecule has 2 aromatic carbocycles. The predicted octanol–water partition coefficient (Wildman–Crippen LogP) is 3.87. The lowest BCUT2D eigenvalue weighted by Gasteiger charge is -2.08. The zero-order chi connectivity index (χ0) is 15.6. The minimum absolute atomic E-state index is 0.00435. The summed E-state index contributed by atoms with van der Waals surface area (Å²) in [7, 11) is 0. The zero-order valence-corrected chi connectivity index (χ0v) is 10.8. The van der Waals surface area contributed by atoms with Crippen LogP contribution < -0.4 is 4.74 Å². The highest BCUT2D eigenvalue weighted by Crippen LogP contribution is 2.30. The molecule has 0 unspecified atom stereocenters. The highest BCUT2D eigenvalue weighted by Gasteiger charge is 2.19. The van der Waals surface area contributed by atoms with E-state index < -0.39 is 22.3 Å². The van der Waals surface area contributed by atoms with E-state index in [1.807, 2.05) is 0 Å². The molecule has 0 bridgehead atoms. The summed E-state index contributed by atoms with van der Waals surface area (Å²) in [6.07, 6.45) is 0. The third-order valence-corrected chi connectivity index (χ3v) is 2.69. The Morgan fingerprint density at radius 2 is 1.95 bits per heavy atom. The van der Waals surface area contributed by atoms with Gasteiger partial charge in [0.15, 0.2) is 17.3 Å². The quantitative estimate of drug-likeness (QED) is 0.487. The van der Waals surface area contributed by atoms with Gasteiger partial charge in [0.05, 0.1) is 10.5 Å². The molecule has 0 saturated carbocycles. The van der Waals surface area contributed by atoms with Crippen molar-refractivity contribution < 1.29 is 23.2 Å². The van der Waals surface area contributed by atoms with Gasteiger partial charge in [0.25, 0.3) is 5.69 Å². The fourth-order valence-corrected chi connectivity index (χ4v) is 1.71. The minimum atomic E-state index is -1.18. The van der Waals surface area contributed by atoms with Gasteiger partial charge in [-0.15, -0.1) is 0 Å². The summed E-state index contributed by atoms with van der Waals surface area (Å²) in [4.78, 5) is 21.5. The minimum Gasteiger partial charge on any atom is -0.454 e. The van der Waals surface area contributed by atoms with Crippen LogP contribution in [0.2, 0.25) is 0 Å². The number of ketones is 1. The Balaban J connectivity index is 2.42. The van der Waals surface area contributed by atoms with Crippen molar-refractivity contribution in [3.8, 4) is 11.5 Å². The summed E-state index contributed by atoms with van der Waals surface area (Å²) in [5.41, 5.74) is -0.552. The summed E-state index contributed by atoms with van der Waals surface area (Å²) in [5.74, 6) is -3.18. The Bertz CT molecular complexity index is 731. The van der Waals surface area contributed by atoms with Gasteiger partial charge in [-0.3, -0.25) is 14.9 Å². The van der Waals surface area contributed by atoms with Gasteiger partial charge < -0.3 is 4.74 Å². The number of nitrogens with zero attached hydrogens (tertiary/aromatic N) is 1. The van der Waals surface area contributed by atoms with E-state index in [0.29, 0.717) is 0 Å². The van der Waals surface area contributed by atoms with Crippen LogP contribution in [0.1, 0.15) is 17.3 Å². The first-order chi connectivity index (χ1) is 9.90. The average Bonchev–Trinajstić information content (AvgIpc) is 2.43. The first-order valence-corrected chi connectivity index (χ1v) is 5.81. The molecule has 0 heterocycles. The number of rotatable bonds is 4. The van der Waals surface area contributed by atoms with Gasteiger partial charge in [-0.05, 0) is 31.2 Å². The number of hydrogen-bond donors (Lipinski definition) is 0. The molecular weight excluding hydrogens is 284 g/mol. The molecule has 0 spiro atoms. The molecule has 2 aromatic rings. The van der Waals surface area contributed by atoms with E-state index in [1.54, 1.807) is 0 Å². The number of halogens is 2. The van der Waals surface area contributed by atoms with Gasteiger partial charge in [0, 0.05) is 6.07 Å². The number of ether oxygens (including phenoxy) is 1. The lowest BCUT2D eigenvalue weighted by molar-refractivity contribution is -0.385. The largest absolute Gasteiger partial charge is 0.454 e. The smallest absolute Gasteiger partial charge is 0.280 e. The molecule has 2 rings (SSSR count). The summed E-state index contributed by atoms with van der Waals surface area (Å²) >= 11 is 0. The first kappa shape index (κ1) is 14.6. The van der Waals surface area contributed by atoms with Crippen LogP contribution in [0.4, 0.5) is 14.5 Å². The first-order valence-electron chi connectivity index (χ1n) is 5.81. The second-order valence-electron chi connectivity index (χ2n) is 4.15. The van der Waals surface area contributed by atoms with E-state index in [0.717, 1.165) is 25.1 Å². The van der Waals surface area contributed by atoms with Gasteiger partial charge in [0.1, 0.15) is 5.75 Å². The molecule has 0 aromatic heterocycles. The molecule has 0 aliphatic carbocycles. The van der Waals surface area contributed by atoms with Crippen LogP contribution in [0.15, 0.2) is 36.4 Å². The number of Topliss-reactive ketones (excluding diaryl/α,β-unsaturated/α-hetero) is 1. The molecule has 7 heteroatoms. The fraction of sp³-hybridized carbons (Fsp3) is 0.0714. The standard InChI is InChI=1S/C14H9F2NO4/c1-8(18)10-7-9(5-6-12(10)17(19)20)21-13-4-2-3-11(15)14(13)16/h2-7H,1H3. The Morgan fingerprint density at radius 1 is 1.24 bits per heavy atom. The van der Waals surface area contributed by atoms with Gasteiger partial charge in [-0.2, -0.15) is 4.39 Å². The molecule has 0 aliphatic rings. The molecular formula is C14H9F2NO4. The van der Waals surface area contributed by atoms with Crippen molar-refractivity contribution in [2.24, 2.45) is 0 Å². The molecule has 0 atom stereocenters. The van der Waals surface area contributed by atoms with Gasteiger partial charge >= 0.3 is 0 Å². The highest BCUT2D eigenvalue weighted by atomic mass is 19.2. The Kier molecular flexibility index (Phi) is 3.93. The Hall–Kier alpha value is -2.83. The van der Waals surface area contributed by atoms with Gasteiger partial charge in [0.2, 0.25) is 5.82 Å². The molecule has 21 heavy (non-hydrogen) atoms. The van der Waals surface area contributed by atoms with E-state index in [4.69, 9.17) is 4.74 Å². The molecule has 5 nitrogen and oxygen atoms in total. The number of hydrogen-bond acceptors (Lipinski definition) is 4. The molecule has 0 aliphatic heterocycles. The van der Waals surface area contributed by atoms with Crippen molar-refractivity contribution in [3.63, 3.8) is 0 Å². The topological polar surface area (TPSA) is 69.4 Å². The van der Waals surface area contributed by atoms with Crippen LogP contribution in [-0.4, -0.2) is 10.7 Å². The van der Waals surface area contributed by atoms with E-state index in [-0.39, 0.29) is 22.7 Å². The van der Waals surface area contributed by atoms with Crippen molar-refractivity contribution >= 4 is 11.5 Å². The SMILES string of the molecule is CC(=O)c1cc(Oc2cccc(F)c2F)ccc1[N+](=O)[O-]. The van der Waals surface area contributed by atoms with Crippen LogP contribution in [0.5, 0.6) is 11.5 Å². The molecule has 108 valence electrons. The van der Waals surface area contributed by atoms with E-state index in [2.05, 4.69) is 0 Å². The third kappa shape index (κ3) is 3.02. The number of nitro groups is 1. The van der Waals surface area contributed by atoms with Crippen LogP contribution >= 0.6 is 0 Å². The number of carbonyl (C=O) groups is 1. The second kappa shape index (κ2) is 5.66. The van der Waals surface area contributed by atoms with Crippen LogP contribution in [-0.2, 0) is 0 Å². The molecule has 0 N–H and O–H groups in total. The number of nitro benzene ring substituents is 1. The maximum Gasteiger partial charge on any atom is 0.280 e. The Labute approximate surface area is 117 Å². The summed E-state index contributed by atoms with van der Waals surface area (Å²) in [6, 6.07) is 6.78. The summed E-state index contributed by atoms with van der Waals surface area (Å²) < 4.78 is 31.7. The van der Waals surface area contributed by atoms with Crippen molar-refractivity contribution in [2.75, 3.05) is 0 Å². The maximum atomic E-state index is 13.5. The predicted molar refractivity (Wildman–Crippen MR) is 69.5 cm³/mol. The van der Waals surface area contributed by atoms with Crippen LogP contribution in [0.25, 0.3) is 0 Å². The number of benzene rings is 2. The van der Waals surface area contributed by atoms with Crippen LogP contribution in [0, 0.1) is 21.7 Å². The zero-order valence-electron chi connectivity index (χ0n) is 10.8. The molecule has 0 radical (unpaired) electrons. The van der Waals surface area contributed by atoms with Crippen LogP contribution in [0.3, 0.4) is 0 Å².